The van der Waals surface area contributed by atoms with Gasteiger partial charge in [-0.2, -0.15) is 0 Å². The van der Waals surface area contributed by atoms with E-state index in [1.807, 2.05) is 0 Å². The first-order valence-electron chi connectivity index (χ1n) is 8.70. The first-order chi connectivity index (χ1) is 11.9. The predicted molar refractivity (Wildman–Crippen MR) is 105 cm³/mol. The highest BCUT2D eigenvalue weighted by atomic mass is 32.1. The van der Waals surface area contributed by atoms with Crippen LogP contribution in [0, 0.1) is 0 Å². The summed E-state index contributed by atoms with van der Waals surface area (Å²) in [6.07, 6.45) is 13.6. The number of unbranched alkanes of at least 4 members (excludes halogenated alkanes) is 3. The first kappa shape index (κ1) is 16.9. The van der Waals surface area contributed by atoms with Crippen LogP contribution in [0.5, 0.6) is 0 Å². The Bertz CT molecular complexity index is 787. The number of aryl methyl sites for hydroxylation is 1. The quantitative estimate of drug-likeness (QED) is 0.461. The second-order valence-electron chi connectivity index (χ2n) is 6.09. The molecule has 2 N–H and O–H groups in total. The minimum Gasteiger partial charge on any atom is -0.330 e. The van der Waals surface area contributed by atoms with Crippen LogP contribution in [0.3, 0.4) is 0 Å². The van der Waals surface area contributed by atoms with E-state index in [4.69, 9.17) is 5.73 Å². The van der Waals surface area contributed by atoms with Crippen molar-refractivity contribution in [2.45, 2.75) is 32.2 Å². The van der Waals surface area contributed by atoms with Gasteiger partial charge in [-0.05, 0) is 47.3 Å². The van der Waals surface area contributed by atoms with Crippen molar-refractivity contribution in [2.75, 3.05) is 6.54 Å². The number of pyridine rings is 1. The van der Waals surface area contributed by atoms with Gasteiger partial charge < -0.3 is 5.73 Å². The molecular weight excluding hydrogens is 312 g/mol. The van der Waals surface area contributed by atoms with E-state index < -0.39 is 0 Å². The number of nitrogens with zero attached hydrogens (tertiary/aromatic N) is 1. The third-order valence-electron chi connectivity index (χ3n) is 4.25. The maximum atomic E-state index is 5.52. The second kappa shape index (κ2) is 8.76. The maximum Gasteiger partial charge on any atom is 0.169 e. The van der Waals surface area contributed by atoms with Crippen LogP contribution in [0.2, 0.25) is 0 Å². The molecule has 0 fully saturated rings. The molecule has 0 amide bonds. The van der Waals surface area contributed by atoms with Gasteiger partial charge in [0.15, 0.2) is 12.4 Å². The van der Waals surface area contributed by atoms with Crippen molar-refractivity contribution in [1.29, 1.82) is 0 Å². The highest BCUT2D eigenvalue weighted by molar-refractivity contribution is 7.17. The van der Waals surface area contributed by atoms with Gasteiger partial charge in [0.2, 0.25) is 0 Å². The Balaban J connectivity index is 1.57. The largest absolute Gasteiger partial charge is 0.330 e. The van der Waals surface area contributed by atoms with Crippen molar-refractivity contribution in [3.8, 4) is 0 Å². The summed E-state index contributed by atoms with van der Waals surface area (Å²) in [5.41, 5.74) is 8.06. The van der Waals surface area contributed by atoms with E-state index in [0.717, 1.165) is 19.5 Å². The Morgan fingerprint density at radius 2 is 1.71 bits per heavy atom. The highest BCUT2D eigenvalue weighted by Crippen LogP contribution is 2.27. The van der Waals surface area contributed by atoms with Crippen LogP contribution >= 0.6 is 11.3 Å². The zero-order valence-corrected chi connectivity index (χ0v) is 14.8. The fourth-order valence-corrected chi connectivity index (χ4v) is 3.76. The molecule has 24 heavy (non-hydrogen) atoms. The van der Waals surface area contributed by atoms with Crippen molar-refractivity contribution in [2.24, 2.45) is 5.73 Å². The van der Waals surface area contributed by atoms with Crippen molar-refractivity contribution < 1.29 is 4.57 Å². The molecular formula is C21H25N2S+. The number of nitrogens with two attached hydrogens (primary N) is 1. The summed E-state index contributed by atoms with van der Waals surface area (Å²) in [5, 5.41) is 3.56. The normalized spacial score (nSPS) is 11.5. The number of thiophene rings is 1. The predicted octanol–water partition coefficient (Wildman–Crippen LogP) is 4.88. The molecule has 3 rings (SSSR count). The standard InChI is InChI=1S/C21H25N2S/c22-13-5-1-2-6-14-23-15-11-18(12-16-23)9-10-19-17-24-21-8-4-3-7-20(19)21/h3-4,7-12,15-17H,1-2,5-6,13-14,22H2/q+1/b10-9+. The van der Waals surface area contributed by atoms with Crippen LogP contribution < -0.4 is 10.3 Å². The number of hydrogen-bond acceptors (Lipinski definition) is 2. The van der Waals surface area contributed by atoms with Crippen molar-refractivity contribution >= 4 is 33.6 Å². The molecule has 3 heteroatoms. The first-order valence-corrected chi connectivity index (χ1v) is 9.58. The van der Waals surface area contributed by atoms with Gasteiger partial charge in [0.25, 0.3) is 0 Å². The molecule has 3 aromatic rings. The molecule has 0 radical (unpaired) electrons. The van der Waals surface area contributed by atoms with Gasteiger partial charge in [0.05, 0.1) is 0 Å². The summed E-state index contributed by atoms with van der Waals surface area (Å²) >= 11 is 1.80. The summed E-state index contributed by atoms with van der Waals surface area (Å²) in [6, 6.07) is 12.9. The third kappa shape index (κ3) is 4.53. The molecule has 0 aliphatic rings. The molecule has 0 atom stereocenters. The minimum absolute atomic E-state index is 0.813. The molecule has 0 spiro atoms. The minimum atomic E-state index is 0.813. The van der Waals surface area contributed by atoms with Crippen LogP contribution in [-0.2, 0) is 6.54 Å². The van der Waals surface area contributed by atoms with Crippen molar-refractivity contribution in [3.05, 3.63) is 65.3 Å². The van der Waals surface area contributed by atoms with Crippen LogP contribution in [0.1, 0.15) is 36.8 Å². The van der Waals surface area contributed by atoms with E-state index >= 15 is 0 Å². The molecule has 2 nitrogen and oxygen atoms in total. The lowest BCUT2D eigenvalue weighted by molar-refractivity contribution is -0.697. The molecule has 0 saturated carbocycles. The Hall–Kier alpha value is -1.97. The topological polar surface area (TPSA) is 29.9 Å². The van der Waals surface area contributed by atoms with E-state index in [1.165, 1.54) is 40.5 Å². The fourth-order valence-electron chi connectivity index (χ4n) is 2.83. The third-order valence-corrected chi connectivity index (χ3v) is 5.24. The van der Waals surface area contributed by atoms with Gasteiger partial charge in [-0.25, -0.2) is 4.57 Å². The van der Waals surface area contributed by atoms with Gasteiger partial charge in [0, 0.05) is 23.3 Å². The molecule has 0 saturated heterocycles. The van der Waals surface area contributed by atoms with Crippen LogP contribution in [0.4, 0.5) is 0 Å². The van der Waals surface area contributed by atoms with E-state index in [-0.39, 0.29) is 0 Å². The van der Waals surface area contributed by atoms with Gasteiger partial charge >= 0.3 is 0 Å². The number of hydrogen-bond donors (Lipinski definition) is 1. The van der Waals surface area contributed by atoms with Crippen molar-refractivity contribution in [3.63, 3.8) is 0 Å². The monoisotopic (exact) mass is 337 g/mol. The summed E-state index contributed by atoms with van der Waals surface area (Å²) in [7, 11) is 0. The van der Waals surface area contributed by atoms with E-state index in [1.54, 1.807) is 11.3 Å². The molecule has 0 aliphatic carbocycles. The Labute approximate surface area is 148 Å². The van der Waals surface area contributed by atoms with Gasteiger partial charge in [0.1, 0.15) is 6.54 Å². The highest BCUT2D eigenvalue weighted by Gasteiger charge is 2.01. The Morgan fingerprint density at radius 3 is 2.54 bits per heavy atom. The number of benzene rings is 1. The Morgan fingerprint density at radius 1 is 0.917 bits per heavy atom. The zero-order chi connectivity index (χ0) is 16.6. The number of aromatic nitrogens is 1. The van der Waals surface area contributed by atoms with Gasteiger partial charge in [-0.1, -0.05) is 36.8 Å². The lowest BCUT2D eigenvalue weighted by Crippen LogP contribution is -2.32. The SMILES string of the molecule is NCCCCCC[n+]1ccc(/C=C/c2csc3ccccc23)cc1. The van der Waals surface area contributed by atoms with Crippen LogP contribution in [0.25, 0.3) is 22.2 Å². The molecule has 0 aliphatic heterocycles. The van der Waals surface area contributed by atoms with Gasteiger partial charge in [-0.3, -0.25) is 0 Å². The summed E-state index contributed by atoms with van der Waals surface area (Å²) in [4.78, 5) is 0. The van der Waals surface area contributed by atoms with Crippen LogP contribution in [-0.4, -0.2) is 6.54 Å². The van der Waals surface area contributed by atoms with Crippen molar-refractivity contribution in [1.82, 2.24) is 0 Å². The average molecular weight is 338 g/mol. The van der Waals surface area contributed by atoms with E-state index in [0.29, 0.717) is 0 Å². The second-order valence-corrected chi connectivity index (χ2v) is 7.00. The van der Waals surface area contributed by atoms with E-state index in [2.05, 4.69) is 70.9 Å². The molecule has 0 unspecified atom stereocenters. The summed E-state index contributed by atoms with van der Waals surface area (Å²) in [6.45, 7) is 1.90. The summed E-state index contributed by atoms with van der Waals surface area (Å²) in [5.74, 6) is 0. The number of fused-ring (bicyclic) bond motifs is 1. The van der Waals surface area contributed by atoms with Crippen LogP contribution in [0.15, 0.2) is 54.2 Å². The molecule has 2 heterocycles. The lowest BCUT2D eigenvalue weighted by atomic mass is 10.1. The van der Waals surface area contributed by atoms with E-state index in [9.17, 15) is 0 Å². The fraction of sp³-hybridized carbons (Fsp3) is 0.286. The molecule has 1 aromatic carbocycles. The Kier molecular flexibility index (Phi) is 6.16. The smallest absolute Gasteiger partial charge is 0.169 e. The maximum absolute atomic E-state index is 5.52. The average Bonchev–Trinajstić information content (AvgIpc) is 3.04. The summed E-state index contributed by atoms with van der Waals surface area (Å²) < 4.78 is 3.61. The molecule has 124 valence electrons. The zero-order valence-electron chi connectivity index (χ0n) is 14.0. The molecule has 2 aromatic heterocycles. The number of rotatable bonds is 8. The lowest BCUT2D eigenvalue weighted by Gasteiger charge is -1.99. The molecule has 0 bridgehead atoms. The van der Waals surface area contributed by atoms with Gasteiger partial charge in [-0.15, -0.1) is 11.3 Å².